The van der Waals surface area contributed by atoms with Crippen LogP contribution in [0.25, 0.3) is 0 Å². The third kappa shape index (κ3) is 3.01. The molecule has 0 fully saturated rings. The maximum atomic E-state index is 11.2. The fourth-order valence-corrected chi connectivity index (χ4v) is 1.02. The highest BCUT2D eigenvalue weighted by molar-refractivity contribution is 6.18. The summed E-state index contributed by atoms with van der Waals surface area (Å²) in [6.45, 7) is 5.15. The van der Waals surface area contributed by atoms with Gasteiger partial charge in [-0.2, -0.15) is 0 Å². The number of hydrogen-bond acceptors (Lipinski definition) is 4. The van der Waals surface area contributed by atoms with Gasteiger partial charge in [-0.05, 0) is 6.42 Å². The fraction of sp³-hybridized carbons (Fsp3) is 0.444. The number of carbonyl (C=O) groups is 2. The molecule has 0 aromatic carbocycles. The van der Waals surface area contributed by atoms with E-state index in [-0.39, 0.29) is 0 Å². The quantitative estimate of drug-likeness (QED) is 0.390. The summed E-state index contributed by atoms with van der Waals surface area (Å²) in [7, 11) is 1.19. The number of amides is 1. The van der Waals surface area contributed by atoms with Crippen molar-refractivity contribution >= 4 is 17.6 Å². The first-order valence-electron chi connectivity index (χ1n) is 4.13. The molecule has 2 N–H and O–H groups in total. The normalized spacial score (nSPS) is 13.1. The monoisotopic (exact) mass is 198 g/mol. The van der Waals surface area contributed by atoms with Crippen LogP contribution in [0.15, 0.2) is 17.8 Å². The standard InChI is InChI=1S/C9H14N2O3/c1-4-6(11-5-2)7(8(10)12)9(13)14-3/h5,7H,2,4H2,1,3H3,(H2,10,12). The fourth-order valence-electron chi connectivity index (χ4n) is 1.02. The molecule has 1 unspecified atom stereocenters. The Morgan fingerprint density at radius 1 is 1.64 bits per heavy atom. The molecule has 1 amide bonds. The van der Waals surface area contributed by atoms with Gasteiger partial charge in [-0.3, -0.25) is 14.6 Å². The Bertz CT molecular complexity index is 271. The topological polar surface area (TPSA) is 81.8 Å². The van der Waals surface area contributed by atoms with Crippen molar-refractivity contribution in [3.05, 3.63) is 12.8 Å². The van der Waals surface area contributed by atoms with E-state index in [0.29, 0.717) is 12.1 Å². The van der Waals surface area contributed by atoms with Crippen molar-refractivity contribution in [3.63, 3.8) is 0 Å². The summed E-state index contributed by atoms with van der Waals surface area (Å²) in [6.07, 6.45) is 1.70. The molecule has 1 atom stereocenters. The Kier molecular flexibility index (Phi) is 5.21. The number of hydrogen-bond donors (Lipinski definition) is 1. The van der Waals surface area contributed by atoms with E-state index in [2.05, 4.69) is 16.3 Å². The van der Waals surface area contributed by atoms with Crippen LogP contribution in [0.3, 0.4) is 0 Å². The Balaban J connectivity index is 4.97. The van der Waals surface area contributed by atoms with Crippen molar-refractivity contribution in [2.75, 3.05) is 7.11 Å². The van der Waals surface area contributed by atoms with Crippen LogP contribution >= 0.6 is 0 Å². The van der Waals surface area contributed by atoms with Gasteiger partial charge in [0.25, 0.3) is 0 Å². The third-order valence-corrected chi connectivity index (χ3v) is 1.67. The smallest absolute Gasteiger partial charge is 0.324 e. The summed E-state index contributed by atoms with van der Waals surface area (Å²) >= 11 is 0. The molecule has 0 radical (unpaired) electrons. The lowest BCUT2D eigenvalue weighted by Gasteiger charge is -2.11. The van der Waals surface area contributed by atoms with Gasteiger partial charge in [0.1, 0.15) is 0 Å². The van der Waals surface area contributed by atoms with Gasteiger partial charge >= 0.3 is 5.97 Å². The molecule has 0 aromatic rings. The van der Waals surface area contributed by atoms with Crippen molar-refractivity contribution in [1.29, 1.82) is 0 Å². The van der Waals surface area contributed by atoms with Crippen molar-refractivity contribution in [3.8, 4) is 0 Å². The van der Waals surface area contributed by atoms with Gasteiger partial charge < -0.3 is 10.5 Å². The first kappa shape index (κ1) is 12.3. The summed E-state index contributed by atoms with van der Waals surface area (Å²) < 4.78 is 4.45. The van der Waals surface area contributed by atoms with Gasteiger partial charge in [0.2, 0.25) is 5.91 Å². The van der Waals surface area contributed by atoms with Crippen molar-refractivity contribution in [1.82, 2.24) is 0 Å². The molecule has 0 aliphatic heterocycles. The van der Waals surface area contributed by atoms with E-state index in [1.807, 2.05) is 0 Å². The summed E-state index contributed by atoms with van der Waals surface area (Å²) in [5, 5.41) is 0. The number of aliphatic imine (C=N–C) groups is 1. The zero-order valence-electron chi connectivity index (χ0n) is 8.32. The lowest BCUT2D eigenvalue weighted by molar-refractivity contribution is -0.146. The maximum absolute atomic E-state index is 11.2. The van der Waals surface area contributed by atoms with Crippen LogP contribution in [0.1, 0.15) is 13.3 Å². The lowest BCUT2D eigenvalue weighted by Crippen LogP contribution is -2.37. The van der Waals surface area contributed by atoms with Crippen LogP contribution < -0.4 is 5.73 Å². The van der Waals surface area contributed by atoms with Gasteiger partial charge in [-0.15, -0.1) is 0 Å². The summed E-state index contributed by atoms with van der Waals surface area (Å²) in [4.78, 5) is 26.0. The predicted octanol–water partition coefficient (Wildman–Crippen LogP) is 0.255. The first-order chi connectivity index (χ1) is 6.58. The van der Waals surface area contributed by atoms with E-state index in [4.69, 9.17) is 5.73 Å². The SMILES string of the molecule is C=CN=C(CC)C(C(N)=O)C(=O)OC. The lowest BCUT2D eigenvalue weighted by atomic mass is 10.0. The molecule has 0 saturated carbocycles. The number of methoxy groups -OCH3 is 1. The largest absolute Gasteiger partial charge is 0.468 e. The molecular formula is C9H14N2O3. The Morgan fingerprint density at radius 3 is 2.50 bits per heavy atom. The Hall–Kier alpha value is -1.65. The second-order valence-corrected chi connectivity index (χ2v) is 2.52. The summed E-state index contributed by atoms with van der Waals surface area (Å²) in [5.41, 5.74) is 5.43. The number of nitrogens with zero attached hydrogens (tertiary/aromatic N) is 1. The zero-order chi connectivity index (χ0) is 11.1. The van der Waals surface area contributed by atoms with Crippen LogP contribution in [0.5, 0.6) is 0 Å². The molecular weight excluding hydrogens is 184 g/mol. The summed E-state index contributed by atoms with van der Waals surface area (Å²) in [5.74, 6) is -2.57. The number of nitrogens with two attached hydrogens (primary N) is 1. The first-order valence-corrected chi connectivity index (χ1v) is 4.13. The molecule has 0 bridgehead atoms. The molecule has 0 rings (SSSR count). The molecule has 0 spiro atoms. The highest BCUT2D eigenvalue weighted by Crippen LogP contribution is 2.06. The van der Waals surface area contributed by atoms with Crippen LogP contribution in [-0.2, 0) is 14.3 Å². The highest BCUT2D eigenvalue weighted by Gasteiger charge is 2.29. The van der Waals surface area contributed by atoms with Crippen LogP contribution in [-0.4, -0.2) is 24.7 Å². The molecule has 78 valence electrons. The van der Waals surface area contributed by atoms with E-state index in [0.717, 1.165) is 0 Å². The number of carbonyl (C=O) groups excluding carboxylic acids is 2. The average Bonchev–Trinajstić information content (AvgIpc) is 2.16. The molecule has 0 heterocycles. The minimum Gasteiger partial charge on any atom is -0.468 e. The van der Waals surface area contributed by atoms with Crippen molar-refractivity contribution < 1.29 is 14.3 Å². The molecule has 14 heavy (non-hydrogen) atoms. The van der Waals surface area contributed by atoms with Gasteiger partial charge in [0.05, 0.1) is 7.11 Å². The van der Waals surface area contributed by atoms with Gasteiger partial charge in [0, 0.05) is 11.9 Å². The van der Waals surface area contributed by atoms with Gasteiger partial charge in [-0.25, -0.2) is 0 Å². The van der Waals surface area contributed by atoms with Crippen molar-refractivity contribution in [2.45, 2.75) is 13.3 Å². The Labute approximate surface area is 82.6 Å². The van der Waals surface area contributed by atoms with Crippen molar-refractivity contribution in [2.24, 2.45) is 16.6 Å². The second-order valence-electron chi connectivity index (χ2n) is 2.52. The summed E-state index contributed by atoms with van der Waals surface area (Å²) in [6, 6.07) is 0. The zero-order valence-corrected chi connectivity index (χ0v) is 8.32. The van der Waals surface area contributed by atoms with E-state index in [1.54, 1.807) is 6.92 Å². The highest BCUT2D eigenvalue weighted by atomic mass is 16.5. The molecule has 0 saturated heterocycles. The molecule has 0 aliphatic carbocycles. The van der Waals surface area contributed by atoms with E-state index >= 15 is 0 Å². The number of ether oxygens (including phenoxy) is 1. The average molecular weight is 198 g/mol. The number of rotatable bonds is 5. The molecule has 5 nitrogen and oxygen atoms in total. The molecule has 5 heteroatoms. The maximum Gasteiger partial charge on any atom is 0.324 e. The van der Waals surface area contributed by atoms with E-state index in [1.165, 1.54) is 13.3 Å². The number of primary amides is 1. The molecule has 0 aromatic heterocycles. The predicted molar refractivity (Wildman–Crippen MR) is 52.6 cm³/mol. The van der Waals surface area contributed by atoms with Gasteiger partial charge in [-0.1, -0.05) is 13.5 Å². The van der Waals surface area contributed by atoms with E-state index < -0.39 is 17.8 Å². The van der Waals surface area contributed by atoms with E-state index in [9.17, 15) is 9.59 Å². The van der Waals surface area contributed by atoms with Gasteiger partial charge in [0.15, 0.2) is 5.92 Å². The minimum atomic E-state index is -1.11. The van der Waals surface area contributed by atoms with Crippen LogP contribution in [0.2, 0.25) is 0 Å². The molecule has 0 aliphatic rings. The number of esters is 1. The third-order valence-electron chi connectivity index (χ3n) is 1.67. The van der Waals surface area contributed by atoms with Crippen LogP contribution in [0, 0.1) is 5.92 Å². The van der Waals surface area contributed by atoms with Crippen LogP contribution in [0.4, 0.5) is 0 Å². The minimum absolute atomic E-state index is 0.361. The second kappa shape index (κ2) is 5.90. The Morgan fingerprint density at radius 2 is 2.21 bits per heavy atom.